The van der Waals surface area contributed by atoms with Crippen LogP contribution in [0.1, 0.15) is 39.5 Å². The zero-order chi connectivity index (χ0) is 20.4. The standard InChI is InChI=1S/C15H25N3O8/c1-3-7(2)12(18-13(23)8(16)6-11(21)22)14(24)17-9(15(25)26)4-5-10(19)20/h7-9,12H,3-6,16H2,1-2H3,(H,17,24)(H,18,23)(H,19,20)(H,21,22)(H,25,26). The molecule has 0 heterocycles. The number of hydrogen-bond acceptors (Lipinski definition) is 6. The van der Waals surface area contributed by atoms with Gasteiger partial charge in [-0.1, -0.05) is 20.3 Å². The van der Waals surface area contributed by atoms with Crippen molar-refractivity contribution < 1.29 is 39.3 Å². The molecule has 0 saturated heterocycles. The molecule has 4 atom stereocenters. The average Bonchev–Trinajstić information content (AvgIpc) is 2.53. The third-order valence-corrected chi connectivity index (χ3v) is 3.79. The SMILES string of the molecule is CCC(C)C(NC(=O)C(N)CC(=O)O)C(=O)NC(CCC(=O)O)C(=O)O. The molecule has 11 heteroatoms. The van der Waals surface area contributed by atoms with E-state index < -0.39 is 66.6 Å². The van der Waals surface area contributed by atoms with Crippen LogP contribution >= 0.6 is 0 Å². The molecular formula is C15H25N3O8. The third-order valence-electron chi connectivity index (χ3n) is 3.79. The predicted molar refractivity (Wildman–Crippen MR) is 88.1 cm³/mol. The van der Waals surface area contributed by atoms with Gasteiger partial charge in [-0.2, -0.15) is 0 Å². The minimum atomic E-state index is -1.44. The normalized spacial score (nSPS) is 15.2. The maximum Gasteiger partial charge on any atom is 0.326 e. The molecule has 0 aromatic carbocycles. The van der Waals surface area contributed by atoms with Crippen LogP contribution in [0.25, 0.3) is 0 Å². The highest BCUT2D eigenvalue weighted by Crippen LogP contribution is 2.10. The Labute approximate surface area is 149 Å². The van der Waals surface area contributed by atoms with Gasteiger partial charge in [0.1, 0.15) is 12.1 Å². The number of aliphatic carboxylic acids is 3. The number of amides is 2. The summed E-state index contributed by atoms with van der Waals surface area (Å²) in [6.45, 7) is 3.38. The maximum absolute atomic E-state index is 12.4. The van der Waals surface area contributed by atoms with Crippen molar-refractivity contribution in [3.8, 4) is 0 Å². The van der Waals surface area contributed by atoms with Gasteiger partial charge in [-0.25, -0.2) is 4.79 Å². The van der Waals surface area contributed by atoms with Crippen LogP contribution in [-0.2, 0) is 24.0 Å². The van der Waals surface area contributed by atoms with Gasteiger partial charge in [-0.05, 0) is 12.3 Å². The summed E-state index contributed by atoms with van der Waals surface area (Å²) in [4.78, 5) is 56.7. The zero-order valence-corrected chi connectivity index (χ0v) is 14.6. The quantitative estimate of drug-likeness (QED) is 0.241. The lowest BCUT2D eigenvalue weighted by molar-refractivity contribution is -0.144. The topological polar surface area (TPSA) is 196 Å². The van der Waals surface area contributed by atoms with Crippen LogP contribution in [0, 0.1) is 5.92 Å². The van der Waals surface area contributed by atoms with Gasteiger partial charge in [-0.3, -0.25) is 19.2 Å². The summed E-state index contributed by atoms with van der Waals surface area (Å²) in [5.74, 6) is -5.96. The predicted octanol–water partition coefficient (Wildman–Crippen LogP) is -1.25. The monoisotopic (exact) mass is 375 g/mol. The number of nitrogens with two attached hydrogens (primary N) is 1. The van der Waals surface area contributed by atoms with E-state index in [0.29, 0.717) is 6.42 Å². The lowest BCUT2D eigenvalue weighted by atomic mass is 9.97. The van der Waals surface area contributed by atoms with E-state index in [1.54, 1.807) is 13.8 Å². The van der Waals surface area contributed by atoms with Gasteiger partial charge in [0, 0.05) is 6.42 Å². The van der Waals surface area contributed by atoms with Crippen molar-refractivity contribution in [1.82, 2.24) is 10.6 Å². The van der Waals surface area contributed by atoms with E-state index in [9.17, 15) is 24.0 Å². The first kappa shape index (κ1) is 23.3. The summed E-state index contributed by atoms with van der Waals surface area (Å²) in [5.41, 5.74) is 5.45. The van der Waals surface area contributed by atoms with Crippen molar-refractivity contribution in [2.45, 2.75) is 57.7 Å². The number of carbonyl (C=O) groups excluding carboxylic acids is 2. The van der Waals surface area contributed by atoms with Crippen molar-refractivity contribution in [3.05, 3.63) is 0 Å². The van der Waals surface area contributed by atoms with Crippen LogP contribution in [0.4, 0.5) is 0 Å². The minimum absolute atomic E-state index is 0.323. The molecule has 0 radical (unpaired) electrons. The highest BCUT2D eigenvalue weighted by atomic mass is 16.4. The molecule has 0 aliphatic rings. The maximum atomic E-state index is 12.4. The van der Waals surface area contributed by atoms with Crippen LogP contribution in [0.15, 0.2) is 0 Å². The fourth-order valence-electron chi connectivity index (χ4n) is 2.03. The zero-order valence-electron chi connectivity index (χ0n) is 14.6. The molecule has 0 aliphatic heterocycles. The Morgan fingerprint density at radius 1 is 0.962 bits per heavy atom. The van der Waals surface area contributed by atoms with Crippen LogP contribution in [0.5, 0.6) is 0 Å². The lowest BCUT2D eigenvalue weighted by Gasteiger charge is -2.26. The molecule has 11 nitrogen and oxygen atoms in total. The summed E-state index contributed by atoms with van der Waals surface area (Å²) in [6, 6.07) is -3.94. The van der Waals surface area contributed by atoms with Crippen molar-refractivity contribution >= 4 is 29.7 Å². The first-order valence-electron chi connectivity index (χ1n) is 8.02. The second-order valence-corrected chi connectivity index (χ2v) is 5.91. The van der Waals surface area contributed by atoms with E-state index in [2.05, 4.69) is 10.6 Å². The third kappa shape index (κ3) is 8.42. The van der Waals surface area contributed by atoms with Gasteiger partial charge in [0.25, 0.3) is 0 Å². The van der Waals surface area contributed by atoms with E-state index >= 15 is 0 Å². The molecule has 148 valence electrons. The molecule has 2 amide bonds. The second kappa shape index (κ2) is 11.0. The number of hydrogen-bond donors (Lipinski definition) is 6. The van der Waals surface area contributed by atoms with E-state index in [0.717, 1.165) is 0 Å². The summed E-state index contributed by atoms with van der Waals surface area (Å²) in [5, 5.41) is 30.9. The number of carboxylic acid groups (broad SMARTS) is 3. The molecule has 4 unspecified atom stereocenters. The van der Waals surface area contributed by atoms with E-state index in [1.165, 1.54) is 0 Å². The van der Waals surface area contributed by atoms with Crippen LogP contribution in [0.3, 0.4) is 0 Å². The summed E-state index contributed by atoms with van der Waals surface area (Å²) >= 11 is 0. The van der Waals surface area contributed by atoms with E-state index in [4.69, 9.17) is 21.1 Å². The molecular weight excluding hydrogens is 350 g/mol. The molecule has 0 aliphatic carbocycles. The fraction of sp³-hybridized carbons (Fsp3) is 0.667. The first-order chi connectivity index (χ1) is 12.0. The highest BCUT2D eigenvalue weighted by molar-refractivity contribution is 5.93. The average molecular weight is 375 g/mol. The summed E-state index contributed by atoms with van der Waals surface area (Å²) in [7, 11) is 0. The van der Waals surface area contributed by atoms with Crippen molar-refractivity contribution in [3.63, 3.8) is 0 Å². The lowest BCUT2D eigenvalue weighted by Crippen LogP contribution is -2.56. The van der Waals surface area contributed by atoms with Crippen molar-refractivity contribution in [1.29, 1.82) is 0 Å². The first-order valence-corrected chi connectivity index (χ1v) is 8.02. The summed E-state index contributed by atoms with van der Waals surface area (Å²) in [6.07, 6.45) is -0.951. The minimum Gasteiger partial charge on any atom is -0.481 e. The Balaban J connectivity index is 5.12. The number of nitrogens with one attached hydrogen (secondary N) is 2. The van der Waals surface area contributed by atoms with Crippen molar-refractivity contribution in [2.24, 2.45) is 11.7 Å². The van der Waals surface area contributed by atoms with Gasteiger partial charge in [0.05, 0.1) is 12.5 Å². The molecule has 0 bridgehead atoms. The van der Waals surface area contributed by atoms with Crippen LogP contribution in [-0.4, -0.2) is 63.2 Å². The molecule has 0 spiro atoms. The number of carboxylic acids is 3. The Morgan fingerprint density at radius 3 is 1.96 bits per heavy atom. The Kier molecular flexibility index (Phi) is 9.89. The number of carbonyl (C=O) groups is 5. The van der Waals surface area contributed by atoms with E-state index in [1.807, 2.05) is 0 Å². The highest BCUT2D eigenvalue weighted by Gasteiger charge is 2.31. The van der Waals surface area contributed by atoms with E-state index in [-0.39, 0.29) is 6.42 Å². The van der Waals surface area contributed by atoms with Crippen molar-refractivity contribution in [2.75, 3.05) is 0 Å². The van der Waals surface area contributed by atoms with Crippen LogP contribution < -0.4 is 16.4 Å². The second-order valence-electron chi connectivity index (χ2n) is 5.91. The molecule has 0 fully saturated rings. The van der Waals surface area contributed by atoms with Crippen LogP contribution in [0.2, 0.25) is 0 Å². The van der Waals surface area contributed by atoms with Gasteiger partial charge in [0.15, 0.2) is 0 Å². The molecule has 7 N–H and O–H groups in total. The Morgan fingerprint density at radius 2 is 1.54 bits per heavy atom. The van der Waals surface area contributed by atoms with Gasteiger partial charge in [-0.15, -0.1) is 0 Å². The number of rotatable bonds is 12. The molecule has 0 rings (SSSR count). The van der Waals surface area contributed by atoms with Gasteiger partial charge in [0.2, 0.25) is 11.8 Å². The Bertz CT molecular complexity index is 551. The van der Waals surface area contributed by atoms with Gasteiger partial charge >= 0.3 is 17.9 Å². The fourth-order valence-corrected chi connectivity index (χ4v) is 2.03. The molecule has 0 saturated carbocycles. The Hall–Kier alpha value is -2.69. The summed E-state index contributed by atoms with van der Waals surface area (Å²) < 4.78 is 0. The largest absolute Gasteiger partial charge is 0.481 e. The molecule has 0 aromatic rings. The smallest absolute Gasteiger partial charge is 0.326 e. The molecule has 26 heavy (non-hydrogen) atoms. The van der Waals surface area contributed by atoms with Gasteiger partial charge < -0.3 is 31.7 Å². The molecule has 0 aromatic heterocycles.